The predicted molar refractivity (Wildman–Crippen MR) is 73.5 cm³/mol. The van der Waals surface area contributed by atoms with Gasteiger partial charge in [0.25, 0.3) is 0 Å². The number of phenols is 3. The summed E-state index contributed by atoms with van der Waals surface area (Å²) in [5.41, 5.74) is 0.503. The van der Waals surface area contributed by atoms with Crippen molar-refractivity contribution in [2.75, 3.05) is 6.54 Å². The van der Waals surface area contributed by atoms with Crippen LogP contribution in [0.5, 0.6) is 17.2 Å². The summed E-state index contributed by atoms with van der Waals surface area (Å²) < 4.78 is 0. The van der Waals surface area contributed by atoms with Crippen LogP contribution in [-0.4, -0.2) is 33.8 Å². The van der Waals surface area contributed by atoms with Gasteiger partial charge < -0.3 is 26.0 Å². The molecule has 0 saturated heterocycles. The number of carbonyl (C=O) groups excluding carboxylic acids is 1. The Morgan fingerprint density at radius 1 is 1.20 bits per heavy atom. The molecule has 0 bridgehead atoms. The topological polar surface area (TPSA) is 102 Å². The van der Waals surface area contributed by atoms with E-state index in [1.165, 1.54) is 12.1 Å². The van der Waals surface area contributed by atoms with Gasteiger partial charge in [-0.05, 0) is 31.9 Å². The molecule has 1 aromatic rings. The van der Waals surface area contributed by atoms with E-state index in [0.29, 0.717) is 37.5 Å². The molecule has 1 aliphatic carbocycles. The lowest BCUT2D eigenvalue weighted by Gasteiger charge is -2.09. The second kappa shape index (κ2) is 6.47. The minimum Gasteiger partial charge on any atom is -0.504 e. The van der Waals surface area contributed by atoms with E-state index in [0.717, 1.165) is 12.8 Å². The first kappa shape index (κ1) is 14.5. The number of hydrogen-bond donors (Lipinski definition) is 5. The molecule has 1 amide bonds. The minimum absolute atomic E-state index is 0.0828. The highest BCUT2D eigenvalue weighted by Gasteiger charge is 2.22. The van der Waals surface area contributed by atoms with Gasteiger partial charge >= 0.3 is 0 Å². The van der Waals surface area contributed by atoms with Crippen molar-refractivity contribution in [2.24, 2.45) is 0 Å². The first-order chi connectivity index (χ1) is 9.58. The van der Waals surface area contributed by atoms with Crippen molar-refractivity contribution in [1.29, 1.82) is 0 Å². The van der Waals surface area contributed by atoms with Crippen LogP contribution in [0.2, 0.25) is 0 Å². The number of phenolic OH excluding ortho intramolecular Hbond substituents is 3. The number of rotatable bonds is 7. The first-order valence-electron chi connectivity index (χ1n) is 6.81. The summed E-state index contributed by atoms with van der Waals surface area (Å²) in [5.74, 6) is -1.08. The fraction of sp³-hybridized carbons (Fsp3) is 0.500. The Morgan fingerprint density at radius 2 is 1.95 bits per heavy atom. The summed E-state index contributed by atoms with van der Waals surface area (Å²) >= 11 is 0. The quantitative estimate of drug-likeness (QED) is 0.378. The molecular formula is C14H20N2O4. The Bertz CT molecular complexity index is 486. The molecule has 6 nitrogen and oxygen atoms in total. The number of nitrogens with one attached hydrogen (secondary N) is 2. The number of carbonyl (C=O) groups is 1. The Kier molecular flexibility index (Phi) is 4.68. The predicted octanol–water partition coefficient (Wildman–Crippen LogP) is 0.952. The van der Waals surface area contributed by atoms with E-state index in [1.807, 2.05) is 0 Å². The lowest BCUT2D eigenvalue weighted by Crippen LogP contribution is -2.26. The van der Waals surface area contributed by atoms with E-state index in [9.17, 15) is 20.1 Å². The van der Waals surface area contributed by atoms with Gasteiger partial charge in [0.15, 0.2) is 11.5 Å². The van der Waals surface area contributed by atoms with Crippen molar-refractivity contribution in [3.63, 3.8) is 0 Å². The zero-order chi connectivity index (χ0) is 14.5. The van der Waals surface area contributed by atoms with Gasteiger partial charge in [0.1, 0.15) is 0 Å². The molecule has 0 aromatic heterocycles. The van der Waals surface area contributed by atoms with Crippen LogP contribution < -0.4 is 10.6 Å². The number of amides is 1. The van der Waals surface area contributed by atoms with Crippen molar-refractivity contribution < 1.29 is 20.1 Å². The van der Waals surface area contributed by atoms with Gasteiger partial charge in [0.2, 0.25) is 11.7 Å². The van der Waals surface area contributed by atoms with Crippen molar-refractivity contribution >= 4 is 5.91 Å². The summed E-state index contributed by atoms with van der Waals surface area (Å²) in [7, 11) is 0. The number of aromatic hydroxyl groups is 3. The average molecular weight is 280 g/mol. The van der Waals surface area contributed by atoms with Crippen molar-refractivity contribution in [1.82, 2.24) is 10.6 Å². The summed E-state index contributed by atoms with van der Waals surface area (Å²) in [6.45, 7) is 1.00. The van der Waals surface area contributed by atoms with Gasteiger partial charge in [0.05, 0.1) is 0 Å². The standard InChI is InChI=1S/C14H20N2O4/c17-11-6-3-9(13(19)14(11)20)8-15-7-1-2-12(18)16-10-4-5-10/h3,6,10,15,17,19-20H,1-2,4-5,7-8H2,(H,16,18). The van der Waals surface area contributed by atoms with Crippen LogP contribution >= 0.6 is 0 Å². The molecule has 0 radical (unpaired) electrons. The molecule has 0 aliphatic heterocycles. The molecule has 6 heteroatoms. The van der Waals surface area contributed by atoms with Gasteiger partial charge in [-0.2, -0.15) is 0 Å². The molecule has 1 aliphatic rings. The van der Waals surface area contributed by atoms with Gasteiger partial charge in [-0.3, -0.25) is 4.79 Å². The SMILES string of the molecule is O=C(CCCNCc1ccc(O)c(O)c1O)NC1CC1. The molecular weight excluding hydrogens is 260 g/mol. The Labute approximate surface area is 117 Å². The lowest BCUT2D eigenvalue weighted by atomic mass is 10.1. The maximum Gasteiger partial charge on any atom is 0.220 e. The fourth-order valence-electron chi connectivity index (χ4n) is 1.88. The summed E-state index contributed by atoms with van der Waals surface area (Å²) in [5, 5.41) is 34.2. The lowest BCUT2D eigenvalue weighted by molar-refractivity contribution is -0.121. The minimum atomic E-state index is -0.506. The number of hydrogen-bond acceptors (Lipinski definition) is 5. The van der Waals surface area contributed by atoms with Gasteiger partial charge in [-0.25, -0.2) is 0 Å². The van der Waals surface area contributed by atoms with E-state index in [4.69, 9.17) is 0 Å². The van der Waals surface area contributed by atoms with E-state index in [2.05, 4.69) is 10.6 Å². The normalized spacial score (nSPS) is 14.2. The molecule has 0 spiro atoms. The largest absolute Gasteiger partial charge is 0.504 e. The van der Waals surface area contributed by atoms with Crippen molar-refractivity contribution in [3.8, 4) is 17.2 Å². The Morgan fingerprint density at radius 3 is 2.65 bits per heavy atom. The first-order valence-corrected chi connectivity index (χ1v) is 6.81. The van der Waals surface area contributed by atoms with Crippen molar-refractivity contribution in [3.05, 3.63) is 17.7 Å². The average Bonchev–Trinajstić information content (AvgIpc) is 3.22. The molecule has 1 saturated carbocycles. The Balaban J connectivity index is 1.65. The third-order valence-electron chi connectivity index (χ3n) is 3.23. The molecule has 110 valence electrons. The second-order valence-corrected chi connectivity index (χ2v) is 5.06. The maximum absolute atomic E-state index is 11.4. The highest BCUT2D eigenvalue weighted by atomic mass is 16.3. The molecule has 0 unspecified atom stereocenters. The third-order valence-corrected chi connectivity index (χ3v) is 3.23. The summed E-state index contributed by atoms with van der Waals surface area (Å²) in [6, 6.07) is 3.26. The highest BCUT2D eigenvalue weighted by Crippen LogP contribution is 2.36. The van der Waals surface area contributed by atoms with Crippen LogP contribution in [0, 0.1) is 0 Å². The molecule has 5 N–H and O–H groups in total. The Hall–Kier alpha value is -1.95. The van der Waals surface area contributed by atoms with E-state index in [-0.39, 0.29) is 17.4 Å². The molecule has 0 heterocycles. The van der Waals surface area contributed by atoms with E-state index >= 15 is 0 Å². The number of benzene rings is 1. The fourth-order valence-corrected chi connectivity index (χ4v) is 1.88. The maximum atomic E-state index is 11.4. The van der Waals surface area contributed by atoms with Crippen LogP contribution in [0.1, 0.15) is 31.2 Å². The molecule has 1 fully saturated rings. The second-order valence-electron chi connectivity index (χ2n) is 5.06. The van der Waals surface area contributed by atoms with Crippen LogP contribution in [0.15, 0.2) is 12.1 Å². The molecule has 2 rings (SSSR count). The van der Waals surface area contributed by atoms with Gasteiger partial charge in [0, 0.05) is 24.6 Å². The van der Waals surface area contributed by atoms with Gasteiger partial charge in [-0.1, -0.05) is 6.07 Å². The van der Waals surface area contributed by atoms with Crippen LogP contribution in [-0.2, 0) is 11.3 Å². The highest BCUT2D eigenvalue weighted by molar-refractivity contribution is 5.76. The van der Waals surface area contributed by atoms with Gasteiger partial charge in [-0.15, -0.1) is 0 Å². The zero-order valence-corrected chi connectivity index (χ0v) is 11.2. The molecule has 0 atom stereocenters. The van der Waals surface area contributed by atoms with Crippen LogP contribution in [0.4, 0.5) is 0 Å². The zero-order valence-electron chi connectivity index (χ0n) is 11.2. The third kappa shape index (κ3) is 4.03. The van der Waals surface area contributed by atoms with Crippen LogP contribution in [0.3, 0.4) is 0 Å². The molecule has 20 heavy (non-hydrogen) atoms. The summed E-state index contributed by atoms with van der Waals surface area (Å²) in [6.07, 6.45) is 3.38. The molecule has 1 aromatic carbocycles. The van der Waals surface area contributed by atoms with E-state index < -0.39 is 5.75 Å². The van der Waals surface area contributed by atoms with E-state index in [1.54, 1.807) is 0 Å². The van der Waals surface area contributed by atoms with Crippen LogP contribution in [0.25, 0.3) is 0 Å². The monoisotopic (exact) mass is 280 g/mol. The summed E-state index contributed by atoms with van der Waals surface area (Å²) in [4.78, 5) is 11.4. The van der Waals surface area contributed by atoms with Crippen molar-refractivity contribution in [2.45, 2.75) is 38.3 Å². The smallest absolute Gasteiger partial charge is 0.220 e.